The molecule has 2 atom stereocenters. The summed E-state index contributed by atoms with van der Waals surface area (Å²) < 4.78 is 12.4. The standard InChI is InChI=1S/C17H26BrNO2/c1-4-19-16(6-5-12(2)20-3)11-14-10-15(18)9-13-7-8-21-17(13)14/h9-10,12,16,19H,4-8,11H2,1-3H3. The highest BCUT2D eigenvalue weighted by Gasteiger charge is 2.20. The summed E-state index contributed by atoms with van der Waals surface area (Å²) >= 11 is 3.62. The molecule has 2 rings (SSSR count). The summed E-state index contributed by atoms with van der Waals surface area (Å²) in [7, 11) is 1.78. The number of fused-ring (bicyclic) bond motifs is 1. The van der Waals surface area contributed by atoms with Crippen LogP contribution in [0.2, 0.25) is 0 Å². The van der Waals surface area contributed by atoms with E-state index >= 15 is 0 Å². The van der Waals surface area contributed by atoms with Crippen LogP contribution in [0.1, 0.15) is 37.8 Å². The second-order valence-corrected chi connectivity index (χ2v) is 6.65. The van der Waals surface area contributed by atoms with E-state index in [4.69, 9.17) is 9.47 Å². The predicted molar refractivity (Wildman–Crippen MR) is 90.2 cm³/mol. The first-order chi connectivity index (χ1) is 10.1. The zero-order chi connectivity index (χ0) is 15.2. The van der Waals surface area contributed by atoms with Crippen molar-refractivity contribution >= 4 is 15.9 Å². The minimum absolute atomic E-state index is 0.315. The van der Waals surface area contributed by atoms with Gasteiger partial charge in [0.25, 0.3) is 0 Å². The first-order valence-corrected chi connectivity index (χ1v) is 8.63. The SMILES string of the molecule is CCNC(CCC(C)OC)Cc1cc(Br)cc2c1OCC2. The topological polar surface area (TPSA) is 30.5 Å². The van der Waals surface area contributed by atoms with E-state index < -0.39 is 0 Å². The molecule has 1 aromatic rings. The lowest BCUT2D eigenvalue weighted by Crippen LogP contribution is -2.32. The van der Waals surface area contributed by atoms with Gasteiger partial charge in [-0.3, -0.25) is 0 Å². The Morgan fingerprint density at radius 1 is 1.38 bits per heavy atom. The van der Waals surface area contributed by atoms with Crippen molar-refractivity contribution in [1.29, 1.82) is 0 Å². The van der Waals surface area contributed by atoms with E-state index in [2.05, 4.69) is 47.2 Å². The Morgan fingerprint density at radius 3 is 2.90 bits per heavy atom. The molecule has 0 saturated heterocycles. The molecule has 3 nitrogen and oxygen atoms in total. The molecule has 1 aliphatic heterocycles. The second kappa shape index (κ2) is 8.16. The Hall–Kier alpha value is -0.580. The molecule has 1 heterocycles. The predicted octanol–water partition coefficient (Wildman–Crippen LogP) is 3.72. The van der Waals surface area contributed by atoms with Gasteiger partial charge >= 0.3 is 0 Å². The molecule has 0 radical (unpaired) electrons. The van der Waals surface area contributed by atoms with Crippen molar-refractivity contribution in [2.45, 2.75) is 51.7 Å². The van der Waals surface area contributed by atoms with E-state index in [0.717, 1.165) is 49.1 Å². The molecule has 0 spiro atoms. The first kappa shape index (κ1) is 16.8. The Morgan fingerprint density at radius 2 is 2.19 bits per heavy atom. The molecule has 0 aromatic heterocycles. The lowest BCUT2D eigenvalue weighted by molar-refractivity contribution is 0.106. The van der Waals surface area contributed by atoms with Gasteiger partial charge in [0, 0.05) is 24.0 Å². The number of nitrogens with one attached hydrogen (secondary N) is 1. The number of methoxy groups -OCH3 is 1. The van der Waals surface area contributed by atoms with Crippen molar-refractivity contribution in [3.05, 3.63) is 27.7 Å². The fourth-order valence-electron chi connectivity index (χ4n) is 2.88. The van der Waals surface area contributed by atoms with Crippen LogP contribution in [0.25, 0.3) is 0 Å². The van der Waals surface area contributed by atoms with Crippen LogP contribution in [0.4, 0.5) is 0 Å². The van der Waals surface area contributed by atoms with Crippen molar-refractivity contribution in [3.63, 3.8) is 0 Å². The fraction of sp³-hybridized carbons (Fsp3) is 0.647. The van der Waals surface area contributed by atoms with E-state index in [1.54, 1.807) is 7.11 Å². The van der Waals surface area contributed by atoms with Gasteiger partial charge in [0.2, 0.25) is 0 Å². The van der Waals surface area contributed by atoms with Crippen LogP contribution < -0.4 is 10.1 Å². The molecule has 0 amide bonds. The highest BCUT2D eigenvalue weighted by molar-refractivity contribution is 9.10. The Bertz CT molecular complexity index is 464. The molecule has 0 aliphatic carbocycles. The smallest absolute Gasteiger partial charge is 0.125 e. The normalized spacial score (nSPS) is 16.4. The largest absolute Gasteiger partial charge is 0.493 e. The number of benzene rings is 1. The minimum atomic E-state index is 0.315. The van der Waals surface area contributed by atoms with Crippen LogP contribution in [0, 0.1) is 0 Å². The van der Waals surface area contributed by atoms with E-state index in [0.29, 0.717) is 12.1 Å². The fourth-order valence-corrected chi connectivity index (χ4v) is 3.43. The quantitative estimate of drug-likeness (QED) is 0.770. The number of likely N-dealkylation sites (N-methyl/N-ethyl adjacent to an activating group) is 1. The van der Waals surface area contributed by atoms with E-state index in [1.165, 1.54) is 11.1 Å². The average Bonchev–Trinajstić information content (AvgIpc) is 2.92. The number of hydrogen-bond acceptors (Lipinski definition) is 3. The maximum Gasteiger partial charge on any atom is 0.125 e. The monoisotopic (exact) mass is 355 g/mol. The maximum absolute atomic E-state index is 5.84. The summed E-state index contributed by atoms with van der Waals surface area (Å²) in [5.74, 6) is 1.11. The lowest BCUT2D eigenvalue weighted by atomic mass is 9.98. The molecule has 1 aromatic carbocycles. The molecular formula is C17H26BrNO2. The Balaban J connectivity index is 2.06. The van der Waals surface area contributed by atoms with Gasteiger partial charge in [-0.15, -0.1) is 0 Å². The van der Waals surface area contributed by atoms with Crippen LogP contribution in [0.3, 0.4) is 0 Å². The molecule has 118 valence electrons. The van der Waals surface area contributed by atoms with Gasteiger partial charge < -0.3 is 14.8 Å². The van der Waals surface area contributed by atoms with E-state index in [-0.39, 0.29) is 0 Å². The van der Waals surface area contributed by atoms with Crippen LogP contribution >= 0.6 is 15.9 Å². The van der Waals surface area contributed by atoms with E-state index in [9.17, 15) is 0 Å². The Labute approximate surface area is 136 Å². The van der Waals surface area contributed by atoms with E-state index in [1.807, 2.05) is 0 Å². The zero-order valence-electron chi connectivity index (χ0n) is 13.2. The van der Waals surface area contributed by atoms with Gasteiger partial charge in [-0.1, -0.05) is 22.9 Å². The Kier molecular flexibility index (Phi) is 6.52. The molecule has 4 heteroatoms. The van der Waals surface area contributed by atoms with Crippen LogP contribution in [0.15, 0.2) is 16.6 Å². The van der Waals surface area contributed by atoms with Crippen LogP contribution in [-0.2, 0) is 17.6 Å². The molecule has 21 heavy (non-hydrogen) atoms. The summed E-state index contributed by atoms with van der Waals surface area (Å²) in [4.78, 5) is 0. The van der Waals surface area contributed by atoms with Crippen molar-refractivity contribution in [3.8, 4) is 5.75 Å². The summed E-state index contributed by atoms with van der Waals surface area (Å²) in [5, 5.41) is 3.59. The second-order valence-electron chi connectivity index (χ2n) is 5.73. The summed E-state index contributed by atoms with van der Waals surface area (Å²) in [6.45, 7) is 6.09. The van der Waals surface area contributed by atoms with Crippen molar-refractivity contribution in [1.82, 2.24) is 5.32 Å². The lowest BCUT2D eigenvalue weighted by Gasteiger charge is -2.21. The van der Waals surface area contributed by atoms with Crippen molar-refractivity contribution in [2.24, 2.45) is 0 Å². The molecule has 0 bridgehead atoms. The highest BCUT2D eigenvalue weighted by Crippen LogP contribution is 2.34. The number of ether oxygens (including phenoxy) is 2. The highest BCUT2D eigenvalue weighted by atomic mass is 79.9. The molecule has 1 N–H and O–H groups in total. The van der Waals surface area contributed by atoms with Gasteiger partial charge in [0.1, 0.15) is 5.75 Å². The molecule has 0 fully saturated rings. The first-order valence-electron chi connectivity index (χ1n) is 7.84. The molecular weight excluding hydrogens is 330 g/mol. The molecule has 0 saturated carbocycles. The number of hydrogen-bond donors (Lipinski definition) is 1. The number of halogens is 1. The third-order valence-electron chi connectivity index (χ3n) is 4.11. The summed E-state index contributed by atoms with van der Waals surface area (Å²) in [5.41, 5.74) is 2.65. The van der Waals surface area contributed by atoms with Crippen LogP contribution in [0.5, 0.6) is 5.75 Å². The summed E-state index contributed by atoms with van der Waals surface area (Å²) in [6.07, 6.45) is 4.53. The summed E-state index contributed by atoms with van der Waals surface area (Å²) in [6, 6.07) is 4.85. The minimum Gasteiger partial charge on any atom is -0.493 e. The zero-order valence-corrected chi connectivity index (χ0v) is 14.8. The van der Waals surface area contributed by atoms with Gasteiger partial charge in [-0.2, -0.15) is 0 Å². The van der Waals surface area contributed by atoms with Gasteiger partial charge in [-0.25, -0.2) is 0 Å². The van der Waals surface area contributed by atoms with Crippen molar-refractivity contribution < 1.29 is 9.47 Å². The molecule has 1 aliphatic rings. The van der Waals surface area contributed by atoms with Gasteiger partial charge in [0.05, 0.1) is 12.7 Å². The third-order valence-corrected chi connectivity index (χ3v) is 4.57. The number of rotatable bonds is 8. The third kappa shape index (κ3) is 4.70. The van der Waals surface area contributed by atoms with Crippen molar-refractivity contribution in [2.75, 3.05) is 20.3 Å². The average molecular weight is 356 g/mol. The maximum atomic E-state index is 5.84. The van der Waals surface area contributed by atoms with Gasteiger partial charge in [-0.05, 0) is 56.0 Å². The molecule has 2 unspecified atom stereocenters. The van der Waals surface area contributed by atoms with Crippen LogP contribution in [-0.4, -0.2) is 32.4 Å². The van der Waals surface area contributed by atoms with Gasteiger partial charge in [0.15, 0.2) is 0 Å².